The summed E-state index contributed by atoms with van der Waals surface area (Å²) in [5, 5.41) is 0. The lowest BCUT2D eigenvalue weighted by Gasteiger charge is -2.07. The van der Waals surface area contributed by atoms with Gasteiger partial charge in [-0.1, -0.05) is 0 Å². The lowest BCUT2D eigenvalue weighted by atomic mass is 9.99. The maximum absolute atomic E-state index is 11.3. The molecule has 1 fully saturated rings. The van der Waals surface area contributed by atoms with Crippen molar-refractivity contribution in [1.29, 1.82) is 0 Å². The number of primary amides is 1. The van der Waals surface area contributed by atoms with Crippen LogP contribution in [0.1, 0.15) is 28.8 Å². The van der Waals surface area contributed by atoms with Gasteiger partial charge in [-0.15, -0.1) is 0 Å². The van der Waals surface area contributed by atoms with Crippen molar-refractivity contribution in [2.24, 2.45) is 11.7 Å². The highest BCUT2D eigenvalue weighted by Gasteiger charge is 2.27. The Bertz CT molecular complexity index is 554. The fourth-order valence-electron chi connectivity index (χ4n) is 2.23. The molecule has 1 aliphatic rings. The predicted octanol–water partition coefficient (Wildman–Crippen LogP) is 0.548. The maximum atomic E-state index is 11.3. The van der Waals surface area contributed by atoms with E-state index in [4.69, 9.17) is 5.73 Å². The summed E-state index contributed by atoms with van der Waals surface area (Å²) in [5.41, 5.74) is 6.50. The van der Waals surface area contributed by atoms with E-state index in [0.29, 0.717) is 11.3 Å². The standard InChI is InChI=1S/C12H16N2O3S/c13-12(15)11-5-10(6-14-7-11)2-1-9-3-4-18(16,17)8-9/h5-7,9H,1-4,8H2,(H2,13,15). The first-order chi connectivity index (χ1) is 8.46. The van der Waals surface area contributed by atoms with Crippen molar-refractivity contribution in [3.05, 3.63) is 29.6 Å². The molecule has 0 saturated carbocycles. The quantitative estimate of drug-likeness (QED) is 0.863. The molecule has 1 aromatic heterocycles. The summed E-state index contributed by atoms with van der Waals surface area (Å²) >= 11 is 0. The van der Waals surface area contributed by atoms with E-state index in [2.05, 4.69) is 4.98 Å². The molecular weight excluding hydrogens is 252 g/mol. The molecule has 6 heteroatoms. The summed E-state index contributed by atoms with van der Waals surface area (Å²) in [6.45, 7) is 0. The number of hydrogen-bond acceptors (Lipinski definition) is 4. The van der Waals surface area contributed by atoms with Crippen LogP contribution in [0.15, 0.2) is 18.5 Å². The fraction of sp³-hybridized carbons (Fsp3) is 0.500. The molecule has 5 nitrogen and oxygen atoms in total. The highest BCUT2D eigenvalue weighted by atomic mass is 32.2. The molecule has 0 aliphatic carbocycles. The first-order valence-electron chi connectivity index (χ1n) is 5.90. The van der Waals surface area contributed by atoms with Gasteiger partial charge in [-0.3, -0.25) is 9.78 Å². The fourth-order valence-corrected chi connectivity index (χ4v) is 4.14. The van der Waals surface area contributed by atoms with Crippen molar-refractivity contribution < 1.29 is 13.2 Å². The molecule has 0 spiro atoms. The second kappa shape index (κ2) is 5.06. The van der Waals surface area contributed by atoms with Crippen LogP contribution in [-0.2, 0) is 16.3 Å². The number of amides is 1. The summed E-state index contributed by atoms with van der Waals surface area (Å²) < 4.78 is 22.6. The molecule has 2 N–H and O–H groups in total. The molecule has 1 aromatic rings. The van der Waals surface area contributed by atoms with Crippen LogP contribution >= 0.6 is 0 Å². The highest BCUT2D eigenvalue weighted by Crippen LogP contribution is 2.23. The molecule has 2 rings (SSSR count). The summed E-state index contributed by atoms with van der Waals surface area (Å²) in [6.07, 6.45) is 5.41. The topological polar surface area (TPSA) is 90.1 Å². The van der Waals surface area contributed by atoms with Crippen LogP contribution in [0.4, 0.5) is 0 Å². The van der Waals surface area contributed by atoms with Crippen LogP contribution in [0.25, 0.3) is 0 Å². The van der Waals surface area contributed by atoms with Crippen molar-refractivity contribution in [2.45, 2.75) is 19.3 Å². The third kappa shape index (κ3) is 3.29. The van der Waals surface area contributed by atoms with E-state index in [1.807, 2.05) is 0 Å². The predicted molar refractivity (Wildman–Crippen MR) is 67.8 cm³/mol. The Kier molecular flexibility index (Phi) is 3.65. The molecule has 1 atom stereocenters. The molecule has 18 heavy (non-hydrogen) atoms. The van der Waals surface area contributed by atoms with Gasteiger partial charge in [-0.05, 0) is 36.8 Å². The lowest BCUT2D eigenvalue weighted by molar-refractivity contribution is 0.1000. The van der Waals surface area contributed by atoms with Crippen LogP contribution in [-0.4, -0.2) is 30.8 Å². The maximum Gasteiger partial charge on any atom is 0.250 e. The summed E-state index contributed by atoms with van der Waals surface area (Å²) in [7, 11) is -2.81. The van der Waals surface area contributed by atoms with Gasteiger partial charge in [0.1, 0.15) is 0 Å². The second-order valence-corrected chi connectivity index (χ2v) is 6.98. The third-order valence-electron chi connectivity index (χ3n) is 3.25. The first kappa shape index (κ1) is 13.0. The number of hydrogen-bond donors (Lipinski definition) is 1. The van der Waals surface area contributed by atoms with E-state index in [9.17, 15) is 13.2 Å². The van der Waals surface area contributed by atoms with E-state index < -0.39 is 15.7 Å². The molecule has 1 unspecified atom stereocenters. The number of carbonyl (C=O) groups excluding carboxylic acids is 1. The number of carbonyl (C=O) groups is 1. The van der Waals surface area contributed by atoms with E-state index in [1.54, 1.807) is 12.3 Å². The average molecular weight is 268 g/mol. The number of rotatable bonds is 4. The van der Waals surface area contributed by atoms with E-state index in [0.717, 1.165) is 24.8 Å². The van der Waals surface area contributed by atoms with Gasteiger partial charge in [0.15, 0.2) is 9.84 Å². The molecule has 0 bridgehead atoms. The van der Waals surface area contributed by atoms with Crippen LogP contribution < -0.4 is 5.73 Å². The van der Waals surface area contributed by atoms with E-state index in [1.165, 1.54) is 6.20 Å². The Morgan fingerprint density at radius 1 is 1.44 bits per heavy atom. The Labute approximate surface area is 106 Å². The number of nitrogens with two attached hydrogens (primary N) is 1. The zero-order valence-corrected chi connectivity index (χ0v) is 10.8. The van der Waals surface area contributed by atoms with Crippen LogP contribution in [0.2, 0.25) is 0 Å². The minimum atomic E-state index is -2.81. The number of aromatic nitrogens is 1. The Hall–Kier alpha value is -1.43. The van der Waals surface area contributed by atoms with Gasteiger partial charge in [-0.25, -0.2) is 8.42 Å². The second-order valence-electron chi connectivity index (χ2n) is 4.75. The minimum Gasteiger partial charge on any atom is -0.366 e. The molecule has 1 aliphatic heterocycles. The molecular formula is C12H16N2O3S. The molecule has 2 heterocycles. The largest absolute Gasteiger partial charge is 0.366 e. The summed E-state index contributed by atoms with van der Waals surface area (Å²) in [4.78, 5) is 15.0. The highest BCUT2D eigenvalue weighted by molar-refractivity contribution is 7.91. The van der Waals surface area contributed by atoms with Gasteiger partial charge >= 0.3 is 0 Å². The normalized spacial score (nSPS) is 21.9. The molecule has 98 valence electrons. The Balaban J connectivity index is 1.95. The summed E-state index contributed by atoms with van der Waals surface area (Å²) in [6, 6.07) is 1.72. The van der Waals surface area contributed by atoms with Crippen molar-refractivity contribution in [1.82, 2.24) is 4.98 Å². The smallest absolute Gasteiger partial charge is 0.250 e. The number of nitrogens with zero attached hydrogens (tertiary/aromatic N) is 1. The van der Waals surface area contributed by atoms with Gasteiger partial charge in [0.05, 0.1) is 17.1 Å². The number of aryl methyl sites for hydroxylation is 1. The van der Waals surface area contributed by atoms with Gasteiger partial charge in [-0.2, -0.15) is 0 Å². The number of pyridine rings is 1. The van der Waals surface area contributed by atoms with E-state index in [-0.39, 0.29) is 11.7 Å². The monoisotopic (exact) mass is 268 g/mol. The van der Waals surface area contributed by atoms with Gasteiger partial charge in [0.25, 0.3) is 0 Å². The van der Waals surface area contributed by atoms with Crippen molar-refractivity contribution >= 4 is 15.7 Å². The minimum absolute atomic E-state index is 0.229. The number of sulfone groups is 1. The lowest BCUT2D eigenvalue weighted by Crippen LogP contribution is -2.12. The van der Waals surface area contributed by atoms with Crippen LogP contribution in [0, 0.1) is 5.92 Å². The summed E-state index contributed by atoms with van der Waals surface area (Å²) in [5.74, 6) is 0.327. The average Bonchev–Trinajstić information content (AvgIpc) is 2.67. The van der Waals surface area contributed by atoms with Crippen molar-refractivity contribution in [3.8, 4) is 0 Å². The molecule has 1 saturated heterocycles. The van der Waals surface area contributed by atoms with Crippen molar-refractivity contribution in [2.75, 3.05) is 11.5 Å². The SMILES string of the molecule is NC(=O)c1cncc(CCC2CCS(=O)(=O)C2)c1. The molecule has 0 aromatic carbocycles. The Morgan fingerprint density at radius 3 is 2.83 bits per heavy atom. The zero-order chi connectivity index (χ0) is 13.2. The molecule has 0 radical (unpaired) electrons. The van der Waals surface area contributed by atoms with Gasteiger partial charge < -0.3 is 5.73 Å². The molecule has 1 amide bonds. The van der Waals surface area contributed by atoms with Crippen molar-refractivity contribution in [3.63, 3.8) is 0 Å². The Morgan fingerprint density at radius 2 is 2.22 bits per heavy atom. The van der Waals surface area contributed by atoms with Gasteiger partial charge in [0.2, 0.25) is 5.91 Å². The third-order valence-corrected chi connectivity index (χ3v) is 5.08. The zero-order valence-electron chi connectivity index (χ0n) is 10.0. The van der Waals surface area contributed by atoms with Crippen LogP contribution in [0.5, 0.6) is 0 Å². The van der Waals surface area contributed by atoms with Crippen LogP contribution in [0.3, 0.4) is 0 Å². The van der Waals surface area contributed by atoms with Gasteiger partial charge in [0, 0.05) is 12.4 Å². The first-order valence-corrected chi connectivity index (χ1v) is 7.72. The van der Waals surface area contributed by atoms with E-state index >= 15 is 0 Å².